The molecule has 0 bridgehead atoms. The van der Waals surface area contributed by atoms with Crippen molar-refractivity contribution >= 4 is 34.0 Å². The van der Waals surface area contributed by atoms with E-state index in [2.05, 4.69) is 5.32 Å². The van der Waals surface area contributed by atoms with Crippen molar-refractivity contribution in [2.75, 3.05) is 5.32 Å². The number of rotatable bonds is 4. The summed E-state index contributed by atoms with van der Waals surface area (Å²) in [4.78, 5) is 10.1. The molecule has 0 fully saturated rings. The van der Waals surface area contributed by atoms with E-state index in [0.29, 0.717) is 14.8 Å². The smallest absolute Gasteiger partial charge is 0.270 e. The normalized spacial score (nSPS) is 10.3. The number of anilines is 1. The number of nitro groups is 1. The summed E-state index contributed by atoms with van der Waals surface area (Å²) in [5.74, 6) is -1.26. The first kappa shape index (κ1) is 14.6. The van der Waals surface area contributed by atoms with E-state index in [9.17, 15) is 18.9 Å². The number of benzene rings is 2. The second-order valence-electron chi connectivity index (χ2n) is 4.01. The number of hydrogen-bond acceptors (Lipinski definition) is 3. The van der Waals surface area contributed by atoms with Gasteiger partial charge in [-0.05, 0) is 34.7 Å². The van der Waals surface area contributed by atoms with Gasteiger partial charge < -0.3 is 5.32 Å². The Kier molecular flexibility index (Phi) is 4.48. The molecule has 4 nitrogen and oxygen atoms in total. The first-order valence-corrected chi connectivity index (χ1v) is 6.67. The lowest BCUT2D eigenvalue weighted by Crippen LogP contribution is -2.03. The molecule has 0 unspecified atom stereocenters. The van der Waals surface area contributed by atoms with Crippen molar-refractivity contribution in [3.63, 3.8) is 0 Å². The van der Waals surface area contributed by atoms with Crippen LogP contribution in [-0.2, 0) is 6.54 Å². The fourth-order valence-electron chi connectivity index (χ4n) is 1.62. The molecule has 0 amide bonds. The van der Waals surface area contributed by atoms with Gasteiger partial charge in [-0.3, -0.25) is 10.1 Å². The van der Waals surface area contributed by atoms with Gasteiger partial charge in [0, 0.05) is 39.6 Å². The Balaban J connectivity index is 2.13. The van der Waals surface area contributed by atoms with Crippen LogP contribution < -0.4 is 5.32 Å². The molecule has 104 valence electrons. The minimum Gasteiger partial charge on any atom is -0.380 e. The summed E-state index contributed by atoms with van der Waals surface area (Å²) in [5, 5.41) is 13.6. The molecule has 7 heteroatoms. The third-order valence-corrected chi connectivity index (χ3v) is 3.54. The quantitative estimate of drug-likeness (QED) is 0.486. The van der Waals surface area contributed by atoms with E-state index in [0.717, 1.165) is 6.07 Å². The molecule has 0 spiro atoms. The van der Waals surface area contributed by atoms with Crippen LogP contribution in [0.3, 0.4) is 0 Å². The van der Waals surface area contributed by atoms with Crippen molar-refractivity contribution in [3.05, 3.63) is 67.3 Å². The van der Waals surface area contributed by atoms with Crippen molar-refractivity contribution in [3.8, 4) is 0 Å². The van der Waals surface area contributed by atoms with Crippen LogP contribution in [0.2, 0.25) is 0 Å². The Morgan fingerprint density at radius 3 is 2.55 bits per heavy atom. The zero-order valence-electron chi connectivity index (χ0n) is 10.1. The Labute approximate surface area is 127 Å². The maximum absolute atomic E-state index is 13.5. The standard InChI is InChI=1S/C13H9F2IN2O2/c14-9-2-1-8(11(15)5-9)7-17-13-4-3-10(18(19)20)6-12(13)16/h1-6,17H,7H2. The molecule has 2 aromatic rings. The van der Waals surface area contributed by atoms with Crippen LogP contribution in [0.1, 0.15) is 5.56 Å². The predicted molar refractivity (Wildman–Crippen MR) is 79.5 cm³/mol. The summed E-state index contributed by atoms with van der Waals surface area (Å²) in [6, 6.07) is 7.70. The molecule has 0 aliphatic rings. The highest BCUT2D eigenvalue weighted by Crippen LogP contribution is 2.24. The average molecular weight is 390 g/mol. The van der Waals surface area contributed by atoms with E-state index in [1.165, 1.54) is 24.3 Å². The maximum atomic E-state index is 13.5. The second kappa shape index (κ2) is 6.12. The van der Waals surface area contributed by atoms with Gasteiger partial charge in [0.1, 0.15) is 11.6 Å². The minimum atomic E-state index is -0.630. The van der Waals surface area contributed by atoms with Crippen LogP contribution >= 0.6 is 22.6 Å². The molecule has 2 rings (SSSR count). The van der Waals surface area contributed by atoms with Gasteiger partial charge in [0.25, 0.3) is 5.69 Å². The molecular weight excluding hydrogens is 381 g/mol. The number of nitrogens with one attached hydrogen (secondary N) is 1. The third-order valence-electron chi connectivity index (χ3n) is 2.65. The number of non-ortho nitro benzene ring substituents is 1. The highest BCUT2D eigenvalue weighted by atomic mass is 127. The second-order valence-corrected chi connectivity index (χ2v) is 5.17. The fraction of sp³-hybridized carbons (Fsp3) is 0.0769. The van der Waals surface area contributed by atoms with Gasteiger partial charge in [0.15, 0.2) is 0 Å². The van der Waals surface area contributed by atoms with Crippen LogP contribution in [0, 0.1) is 25.3 Å². The minimum absolute atomic E-state index is 0.00656. The average Bonchev–Trinajstić information content (AvgIpc) is 2.38. The Morgan fingerprint density at radius 1 is 1.20 bits per heavy atom. The number of hydrogen-bond donors (Lipinski definition) is 1. The van der Waals surface area contributed by atoms with Crippen molar-refractivity contribution in [1.29, 1.82) is 0 Å². The molecular formula is C13H9F2IN2O2. The van der Waals surface area contributed by atoms with Crippen LogP contribution in [-0.4, -0.2) is 4.92 Å². The molecule has 2 aromatic carbocycles. The summed E-state index contributed by atoms with van der Waals surface area (Å²) in [6.07, 6.45) is 0. The van der Waals surface area contributed by atoms with Crippen LogP contribution in [0.25, 0.3) is 0 Å². The van der Waals surface area contributed by atoms with Crippen LogP contribution in [0.5, 0.6) is 0 Å². The van der Waals surface area contributed by atoms with Gasteiger partial charge in [-0.15, -0.1) is 0 Å². The Hall–Kier alpha value is -1.77. The first-order chi connectivity index (χ1) is 9.47. The third kappa shape index (κ3) is 3.41. The van der Waals surface area contributed by atoms with Gasteiger partial charge >= 0.3 is 0 Å². The fourth-order valence-corrected chi connectivity index (χ4v) is 2.31. The molecule has 0 atom stereocenters. The largest absolute Gasteiger partial charge is 0.380 e. The van der Waals surface area contributed by atoms with Crippen molar-refractivity contribution < 1.29 is 13.7 Å². The molecule has 0 radical (unpaired) electrons. The van der Waals surface area contributed by atoms with E-state index in [4.69, 9.17) is 0 Å². The van der Waals surface area contributed by atoms with Gasteiger partial charge in [0.2, 0.25) is 0 Å². The summed E-state index contributed by atoms with van der Waals surface area (Å²) in [7, 11) is 0. The molecule has 0 aromatic heterocycles. The summed E-state index contributed by atoms with van der Waals surface area (Å²) in [5.41, 5.74) is 0.966. The van der Waals surface area contributed by atoms with Gasteiger partial charge in [-0.25, -0.2) is 8.78 Å². The van der Waals surface area contributed by atoms with Crippen molar-refractivity contribution in [2.45, 2.75) is 6.54 Å². The molecule has 0 saturated heterocycles. The topological polar surface area (TPSA) is 55.2 Å². The molecule has 20 heavy (non-hydrogen) atoms. The molecule has 0 saturated carbocycles. The van der Waals surface area contributed by atoms with Gasteiger partial charge in [0.05, 0.1) is 4.92 Å². The maximum Gasteiger partial charge on any atom is 0.270 e. The SMILES string of the molecule is O=[N+]([O-])c1ccc(NCc2ccc(F)cc2F)c(I)c1. The van der Waals surface area contributed by atoms with Crippen LogP contribution in [0.4, 0.5) is 20.2 Å². The lowest BCUT2D eigenvalue weighted by Gasteiger charge is -2.09. The summed E-state index contributed by atoms with van der Waals surface area (Å²) in [6.45, 7) is 0.167. The summed E-state index contributed by atoms with van der Waals surface area (Å²) >= 11 is 1.96. The zero-order chi connectivity index (χ0) is 14.7. The number of halogens is 3. The predicted octanol–water partition coefficient (Wildman–Crippen LogP) is 4.09. The number of nitro benzene ring substituents is 1. The summed E-state index contributed by atoms with van der Waals surface area (Å²) < 4.78 is 26.9. The van der Waals surface area contributed by atoms with E-state index >= 15 is 0 Å². The van der Waals surface area contributed by atoms with Crippen molar-refractivity contribution in [1.82, 2.24) is 0 Å². The van der Waals surface area contributed by atoms with Gasteiger partial charge in [-0.1, -0.05) is 6.07 Å². The first-order valence-electron chi connectivity index (χ1n) is 5.59. The van der Waals surface area contributed by atoms with E-state index in [-0.39, 0.29) is 12.2 Å². The molecule has 0 aliphatic heterocycles. The zero-order valence-corrected chi connectivity index (χ0v) is 12.2. The van der Waals surface area contributed by atoms with Crippen LogP contribution in [0.15, 0.2) is 36.4 Å². The van der Waals surface area contributed by atoms with Gasteiger partial charge in [-0.2, -0.15) is 0 Å². The Morgan fingerprint density at radius 2 is 1.95 bits per heavy atom. The lowest BCUT2D eigenvalue weighted by atomic mass is 10.2. The van der Waals surface area contributed by atoms with Crippen molar-refractivity contribution in [2.24, 2.45) is 0 Å². The highest BCUT2D eigenvalue weighted by Gasteiger charge is 2.09. The Bertz CT molecular complexity index is 665. The monoisotopic (exact) mass is 390 g/mol. The van der Waals surface area contributed by atoms with E-state index < -0.39 is 16.6 Å². The van der Waals surface area contributed by atoms with E-state index in [1.807, 2.05) is 22.6 Å². The van der Waals surface area contributed by atoms with E-state index in [1.54, 1.807) is 6.07 Å². The highest BCUT2D eigenvalue weighted by molar-refractivity contribution is 14.1. The lowest BCUT2D eigenvalue weighted by molar-refractivity contribution is -0.384. The molecule has 1 N–H and O–H groups in total. The molecule has 0 aliphatic carbocycles. The molecule has 0 heterocycles. The number of nitrogens with zero attached hydrogens (tertiary/aromatic N) is 1.